The zero-order valence-electron chi connectivity index (χ0n) is 9.48. The van der Waals surface area contributed by atoms with Crippen molar-refractivity contribution in [1.29, 1.82) is 0 Å². The molecule has 2 unspecified atom stereocenters. The lowest BCUT2D eigenvalue weighted by molar-refractivity contribution is -0.155. The predicted molar refractivity (Wildman–Crippen MR) is 61.4 cm³/mol. The summed E-state index contributed by atoms with van der Waals surface area (Å²) in [5.74, 6) is -3.96. The Morgan fingerprint density at radius 1 is 1.33 bits per heavy atom. The van der Waals surface area contributed by atoms with Crippen molar-refractivity contribution in [3.05, 3.63) is 35.9 Å². The van der Waals surface area contributed by atoms with Crippen molar-refractivity contribution < 1.29 is 24.2 Å². The van der Waals surface area contributed by atoms with Crippen molar-refractivity contribution >= 4 is 18.2 Å². The number of carboxylic acids is 1. The number of carboxylic acid groups (broad SMARTS) is 1. The Kier molecular flexibility index (Phi) is 5.01. The normalized spacial score (nSPS) is 13.4. The van der Waals surface area contributed by atoms with Crippen LogP contribution in [0.4, 0.5) is 0 Å². The van der Waals surface area contributed by atoms with Gasteiger partial charge >= 0.3 is 11.9 Å². The summed E-state index contributed by atoms with van der Waals surface area (Å²) in [6.07, 6.45) is 0.122. The number of carbonyl (C=O) groups excluding carboxylic acids is 2. The first-order valence-electron chi connectivity index (χ1n) is 5.20. The second kappa shape index (κ2) is 6.51. The number of hydrogen-bond acceptors (Lipinski definition) is 5. The van der Waals surface area contributed by atoms with Crippen LogP contribution < -0.4 is 5.73 Å². The molecule has 1 rings (SSSR count). The largest absolute Gasteiger partial charge is 0.481 e. The van der Waals surface area contributed by atoms with E-state index in [4.69, 9.17) is 15.6 Å². The molecule has 0 radical (unpaired) electrons. The second-order valence-electron chi connectivity index (χ2n) is 3.62. The number of aldehydes is 1. The van der Waals surface area contributed by atoms with Crippen LogP contribution in [0.5, 0.6) is 0 Å². The average Bonchev–Trinajstić information content (AvgIpc) is 2.37. The van der Waals surface area contributed by atoms with Crippen molar-refractivity contribution in [2.45, 2.75) is 12.6 Å². The Morgan fingerprint density at radius 2 is 1.94 bits per heavy atom. The predicted octanol–water partition coefficient (Wildman–Crippen LogP) is -0.0432. The molecule has 0 aromatic heterocycles. The Labute approximate surface area is 103 Å². The maximum absolute atomic E-state index is 11.5. The minimum atomic E-state index is -1.59. The second-order valence-corrected chi connectivity index (χ2v) is 3.62. The van der Waals surface area contributed by atoms with E-state index in [0.717, 1.165) is 5.56 Å². The topological polar surface area (TPSA) is 107 Å². The van der Waals surface area contributed by atoms with Gasteiger partial charge in [0, 0.05) is 0 Å². The van der Waals surface area contributed by atoms with Crippen LogP contribution in [0.3, 0.4) is 0 Å². The summed E-state index contributed by atoms with van der Waals surface area (Å²) >= 11 is 0. The highest BCUT2D eigenvalue weighted by atomic mass is 16.5. The number of hydrogen-bond donors (Lipinski definition) is 2. The Bertz CT molecular complexity index is 431. The van der Waals surface area contributed by atoms with E-state index in [1.807, 2.05) is 6.07 Å². The molecule has 1 aromatic rings. The molecule has 6 nitrogen and oxygen atoms in total. The highest BCUT2D eigenvalue weighted by molar-refractivity contribution is 5.94. The van der Waals surface area contributed by atoms with E-state index in [1.54, 1.807) is 24.3 Å². The zero-order chi connectivity index (χ0) is 13.5. The van der Waals surface area contributed by atoms with E-state index >= 15 is 0 Å². The first-order valence-corrected chi connectivity index (χ1v) is 5.20. The average molecular weight is 251 g/mol. The van der Waals surface area contributed by atoms with Gasteiger partial charge in [-0.05, 0) is 5.56 Å². The molecule has 0 fully saturated rings. The first kappa shape index (κ1) is 13.9. The van der Waals surface area contributed by atoms with E-state index in [9.17, 15) is 14.4 Å². The lowest BCUT2D eigenvalue weighted by atomic mass is 10.0. The summed E-state index contributed by atoms with van der Waals surface area (Å²) in [6, 6.07) is 7.34. The van der Waals surface area contributed by atoms with E-state index in [2.05, 4.69) is 0 Å². The van der Waals surface area contributed by atoms with Gasteiger partial charge in [0.25, 0.3) is 0 Å². The fourth-order valence-electron chi connectivity index (χ4n) is 1.27. The fourth-order valence-corrected chi connectivity index (χ4v) is 1.27. The molecule has 96 valence electrons. The van der Waals surface area contributed by atoms with E-state index in [-0.39, 0.29) is 12.9 Å². The van der Waals surface area contributed by atoms with Crippen molar-refractivity contribution in [1.82, 2.24) is 0 Å². The number of carbonyl (C=O) groups is 3. The van der Waals surface area contributed by atoms with Crippen LogP contribution >= 0.6 is 0 Å². The summed E-state index contributed by atoms with van der Waals surface area (Å²) in [5, 5.41) is 8.66. The Hall–Kier alpha value is -2.21. The molecule has 0 heterocycles. The summed E-state index contributed by atoms with van der Waals surface area (Å²) in [7, 11) is 0. The summed E-state index contributed by atoms with van der Waals surface area (Å²) in [6.45, 7) is -0.0153. The van der Waals surface area contributed by atoms with Gasteiger partial charge in [0.15, 0.2) is 0 Å². The summed E-state index contributed by atoms with van der Waals surface area (Å²) in [4.78, 5) is 32.6. The van der Waals surface area contributed by atoms with E-state index < -0.39 is 23.9 Å². The molecule has 0 aliphatic rings. The van der Waals surface area contributed by atoms with Gasteiger partial charge < -0.3 is 20.4 Å². The minimum absolute atomic E-state index is 0.0153. The maximum atomic E-state index is 11.5. The van der Waals surface area contributed by atoms with Gasteiger partial charge in [-0.1, -0.05) is 30.3 Å². The third kappa shape index (κ3) is 3.67. The van der Waals surface area contributed by atoms with Crippen LogP contribution in [0.1, 0.15) is 5.56 Å². The lowest BCUT2D eigenvalue weighted by Gasteiger charge is -2.14. The number of ether oxygens (including phenoxy) is 1. The molecular weight excluding hydrogens is 238 g/mol. The van der Waals surface area contributed by atoms with Crippen LogP contribution in [-0.2, 0) is 25.7 Å². The number of rotatable bonds is 6. The highest BCUT2D eigenvalue weighted by Gasteiger charge is 2.31. The van der Waals surface area contributed by atoms with Gasteiger partial charge in [-0.3, -0.25) is 9.59 Å². The molecule has 1 aromatic carbocycles. The summed E-state index contributed by atoms with van der Waals surface area (Å²) in [5.41, 5.74) is 6.10. The molecule has 0 aliphatic heterocycles. The van der Waals surface area contributed by atoms with Crippen molar-refractivity contribution in [2.24, 2.45) is 11.7 Å². The van der Waals surface area contributed by atoms with Gasteiger partial charge in [-0.25, -0.2) is 0 Å². The zero-order valence-corrected chi connectivity index (χ0v) is 9.48. The highest BCUT2D eigenvalue weighted by Crippen LogP contribution is 2.05. The van der Waals surface area contributed by atoms with Crippen LogP contribution in [-0.4, -0.2) is 29.4 Å². The molecule has 0 amide bonds. The standard InChI is InChI=1S/C12H13NO5/c13-10(9(6-14)11(15)16)12(17)18-7-8-4-2-1-3-5-8/h1-6,9-10H,7,13H2,(H,15,16). The van der Waals surface area contributed by atoms with E-state index in [0.29, 0.717) is 0 Å². The molecule has 6 heteroatoms. The van der Waals surface area contributed by atoms with Gasteiger partial charge in [0.1, 0.15) is 24.9 Å². The number of benzene rings is 1. The Balaban J connectivity index is 2.55. The van der Waals surface area contributed by atoms with Gasteiger partial charge in [-0.2, -0.15) is 0 Å². The first-order chi connectivity index (χ1) is 8.56. The molecular formula is C12H13NO5. The molecule has 0 aliphatic carbocycles. The van der Waals surface area contributed by atoms with E-state index in [1.165, 1.54) is 0 Å². The molecule has 0 saturated carbocycles. The molecule has 0 spiro atoms. The summed E-state index contributed by atoms with van der Waals surface area (Å²) < 4.78 is 4.84. The molecule has 2 atom stereocenters. The maximum Gasteiger partial charge on any atom is 0.324 e. The molecule has 3 N–H and O–H groups in total. The van der Waals surface area contributed by atoms with Crippen molar-refractivity contribution in [3.63, 3.8) is 0 Å². The van der Waals surface area contributed by atoms with Gasteiger partial charge in [0.2, 0.25) is 0 Å². The monoisotopic (exact) mass is 251 g/mol. The fraction of sp³-hybridized carbons (Fsp3) is 0.250. The molecule has 18 heavy (non-hydrogen) atoms. The lowest BCUT2D eigenvalue weighted by Crippen LogP contribution is -2.43. The van der Waals surface area contributed by atoms with Crippen molar-refractivity contribution in [2.75, 3.05) is 0 Å². The number of aliphatic carboxylic acids is 1. The van der Waals surface area contributed by atoms with Crippen molar-refractivity contribution in [3.8, 4) is 0 Å². The van der Waals surface area contributed by atoms with Crippen LogP contribution in [0.2, 0.25) is 0 Å². The molecule has 0 bridgehead atoms. The third-order valence-corrected chi connectivity index (χ3v) is 2.31. The van der Waals surface area contributed by atoms with Gasteiger partial charge in [-0.15, -0.1) is 0 Å². The number of nitrogens with two attached hydrogens (primary N) is 1. The SMILES string of the molecule is NC(C(=O)OCc1ccccc1)C(C=O)C(=O)O. The third-order valence-electron chi connectivity index (χ3n) is 2.31. The number of esters is 1. The minimum Gasteiger partial charge on any atom is -0.481 e. The van der Waals surface area contributed by atoms with Crippen LogP contribution in [0.15, 0.2) is 30.3 Å². The van der Waals surface area contributed by atoms with Gasteiger partial charge in [0.05, 0.1) is 0 Å². The smallest absolute Gasteiger partial charge is 0.324 e. The Morgan fingerprint density at radius 3 is 2.44 bits per heavy atom. The van der Waals surface area contributed by atoms with Crippen LogP contribution in [0.25, 0.3) is 0 Å². The molecule has 0 saturated heterocycles. The quantitative estimate of drug-likeness (QED) is 0.417. The van der Waals surface area contributed by atoms with Crippen LogP contribution in [0, 0.1) is 5.92 Å².